The molecule has 0 aromatic rings. The van der Waals surface area contributed by atoms with Crippen molar-refractivity contribution in [3.63, 3.8) is 0 Å². The zero-order valence-electron chi connectivity index (χ0n) is 23.1. The smallest absolute Gasteiger partial charge is 0.0826 e. The SMILES string of the molecule is [B][B]B([B])C1C(B([B])[B])N(C([B][B])(CC2CC2)C(C)C)C(B([B][B])B([B])[B])C(B([B])B([B])[B])N1C(C)C. The van der Waals surface area contributed by atoms with Gasteiger partial charge in [-0.05, 0) is 61.3 Å². The summed E-state index contributed by atoms with van der Waals surface area (Å²) in [6.07, 6.45) is 1.36. The predicted octanol–water partition coefficient (Wildman–Crippen LogP) is -5.40. The highest BCUT2D eigenvalue weighted by Gasteiger charge is 2.59. The normalized spacial score (nSPS) is 26.2. The minimum atomic E-state index is -0.858. The molecule has 0 aromatic carbocycles. The van der Waals surface area contributed by atoms with Crippen molar-refractivity contribution in [2.45, 2.75) is 82.2 Å². The van der Waals surface area contributed by atoms with Gasteiger partial charge in [0.2, 0.25) is 0 Å². The van der Waals surface area contributed by atoms with Gasteiger partial charge in [-0.1, -0.05) is 26.7 Å². The third-order valence-electron chi connectivity index (χ3n) is 8.62. The van der Waals surface area contributed by atoms with Gasteiger partial charge in [0.1, 0.15) is 0 Å². The Bertz CT molecular complexity index is 697. The van der Waals surface area contributed by atoms with Crippen LogP contribution in [0.2, 0.25) is 0 Å². The molecule has 0 amide bonds. The molecule has 1 saturated heterocycles. The van der Waals surface area contributed by atoms with E-state index in [1.54, 1.807) is 7.17 Å². The molecule has 0 spiro atoms. The van der Waals surface area contributed by atoms with Gasteiger partial charge >= 0.3 is 0 Å². The first-order valence-electron chi connectivity index (χ1n) is 13.5. The highest BCUT2D eigenvalue weighted by molar-refractivity contribution is 7.73. The average Bonchev–Trinajstić information content (AvgIpc) is 3.64. The summed E-state index contributed by atoms with van der Waals surface area (Å²) in [5, 5.41) is 0. The van der Waals surface area contributed by atoms with E-state index in [2.05, 4.69) is 23.6 Å². The summed E-state index contributed by atoms with van der Waals surface area (Å²) in [7, 11) is 75.7. The van der Waals surface area contributed by atoms with Crippen LogP contribution in [0.4, 0.5) is 0 Å². The topological polar surface area (TPSA) is 6.48 Å². The molecule has 0 N–H and O–H groups in total. The Morgan fingerprint density at radius 1 is 0.784 bits per heavy atom. The molecule has 37 heavy (non-hydrogen) atoms. The Morgan fingerprint density at radius 2 is 1.35 bits per heavy atom. The quantitative estimate of drug-likeness (QED) is 0.245. The summed E-state index contributed by atoms with van der Waals surface area (Å²) < 4.78 is 0. The van der Waals surface area contributed by atoms with E-state index in [-0.39, 0.29) is 12.0 Å². The van der Waals surface area contributed by atoms with E-state index in [1.807, 2.05) is 13.8 Å². The summed E-state index contributed by atoms with van der Waals surface area (Å²) in [6, 6.07) is -0.0668. The van der Waals surface area contributed by atoms with E-state index in [9.17, 15) is 0 Å². The van der Waals surface area contributed by atoms with Crippen molar-refractivity contribution in [2.24, 2.45) is 11.8 Å². The number of piperazine rings is 1. The van der Waals surface area contributed by atoms with Gasteiger partial charge in [0.05, 0.1) is 33.1 Å². The van der Waals surface area contributed by atoms with Crippen molar-refractivity contribution in [3.8, 4) is 0 Å². The molecule has 5 atom stereocenters. The molecule has 25 radical (unpaired) electrons. The van der Waals surface area contributed by atoms with Crippen LogP contribution in [0.15, 0.2) is 0 Å². The number of rotatable bonds is 14. The van der Waals surface area contributed by atoms with Gasteiger partial charge in [0.25, 0.3) is 0 Å². The van der Waals surface area contributed by atoms with E-state index in [0.29, 0.717) is 5.92 Å². The molecule has 1 heterocycles. The minimum Gasteiger partial charge on any atom is -0.316 e. The van der Waals surface area contributed by atoms with Crippen LogP contribution in [0.3, 0.4) is 0 Å². The van der Waals surface area contributed by atoms with Gasteiger partial charge in [0.15, 0.2) is 0 Å². The third-order valence-corrected chi connectivity index (χ3v) is 8.62. The van der Waals surface area contributed by atoms with Gasteiger partial charge in [-0.25, -0.2) is 0 Å². The molecule has 0 bridgehead atoms. The van der Waals surface area contributed by atoms with Crippen LogP contribution < -0.4 is 0 Å². The average molecular weight is 450 g/mol. The summed E-state index contributed by atoms with van der Waals surface area (Å²) >= 11 is 0. The Kier molecular flexibility index (Phi) is 13.4. The zero-order chi connectivity index (χ0) is 28.4. The van der Waals surface area contributed by atoms with Crippen molar-refractivity contribution >= 4 is 145 Å². The summed E-state index contributed by atoms with van der Waals surface area (Å²) in [5.41, 5.74) is -0.657. The van der Waals surface area contributed by atoms with Crippen LogP contribution in [-0.4, -0.2) is 190 Å². The Hall–Kier alpha value is 1.22. The molecule has 2 fully saturated rings. The van der Waals surface area contributed by atoms with Crippen LogP contribution in [0, 0.1) is 11.8 Å². The molecule has 0 aromatic heterocycles. The Balaban J connectivity index is 3.00. The fourth-order valence-electron chi connectivity index (χ4n) is 6.58. The number of nitrogens with zero attached hydrogens (tertiary/aromatic N) is 2. The lowest BCUT2D eigenvalue weighted by molar-refractivity contribution is -0.0281. The third kappa shape index (κ3) is 7.17. The Morgan fingerprint density at radius 3 is 1.68 bits per heavy atom. The van der Waals surface area contributed by atoms with Crippen molar-refractivity contribution in [2.75, 3.05) is 0 Å². The zero-order valence-corrected chi connectivity index (χ0v) is 23.1. The maximum atomic E-state index is 6.82. The first kappa shape index (κ1) is 34.4. The molecule has 2 nitrogen and oxygen atoms in total. The van der Waals surface area contributed by atoms with Crippen molar-refractivity contribution < 1.29 is 0 Å². The standard InChI is InChI=1S/C15H25B20N2/c1-8(2)15(27-16,7-10-5-6-10)37-11(30(19)20)12(31(21)28-17)36(9(3)4)13(32(22)34(23)24)14(37)33(29-18)35(25)26/h8-14H,5-7H2,1-4H3. The second kappa shape index (κ2) is 14.4. The molecular weight excluding hydrogens is 424 g/mol. The summed E-state index contributed by atoms with van der Waals surface area (Å²) in [4.78, 5) is 4.45. The van der Waals surface area contributed by atoms with Crippen molar-refractivity contribution in [1.82, 2.24) is 9.80 Å². The lowest BCUT2D eigenvalue weighted by atomic mass is 8.77. The fraction of sp³-hybridized carbons (Fsp3) is 1.00. The minimum absolute atomic E-state index is 0.0574. The van der Waals surface area contributed by atoms with Gasteiger partial charge < -0.3 is 9.80 Å². The van der Waals surface area contributed by atoms with E-state index < -0.39 is 68.0 Å². The van der Waals surface area contributed by atoms with Crippen LogP contribution in [0.25, 0.3) is 0 Å². The molecule has 22 heteroatoms. The highest BCUT2D eigenvalue weighted by atomic mass is 15.4. The molecule has 1 saturated carbocycles. The van der Waals surface area contributed by atoms with Crippen LogP contribution in [-0.2, 0) is 0 Å². The first-order chi connectivity index (χ1) is 17.2. The van der Waals surface area contributed by atoms with E-state index in [0.717, 1.165) is 19.3 Å². The second-order valence-corrected chi connectivity index (χ2v) is 11.7. The highest BCUT2D eigenvalue weighted by Crippen LogP contribution is 2.46. The van der Waals surface area contributed by atoms with Crippen LogP contribution in [0.1, 0.15) is 47.0 Å². The predicted molar refractivity (Wildman–Crippen MR) is 184 cm³/mol. The fourth-order valence-corrected chi connectivity index (χ4v) is 6.58. The summed E-state index contributed by atoms with van der Waals surface area (Å²) in [5.74, 6) is -1.37. The largest absolute Gasteiger partial charge is 0.316 e. The summed E-state index contributed by atoms with van der Waals surface area (Å²) in [6.45, 7) is 5.68. The van der Waals surface area contributed by atoms with Gasteiger partial charge in [-0.3, -0.25) is 0 Å². The maximum Gasteiger partial charge on any atom is 0.0826 e. The van der Waals surface area contributed by atoms with Crippen LogP contribution in [0.5, 0.6) is 0 Å². The van der Waals surface area contributed by atoms with E-state index in [4.69, 9.17) is 85.1 Å². The lowest BCUT2D eigenvalue weighted by Gasteiger charge is -2.70. The lowest BCUT2D eigenvalue weighted by Crippen LogP contribution is -2.88. The maximum absolute atomic E-state index is 6.82. The molecule has 5 unspecified atom stereocenters. The number of hydrogen-bond donors (Lipinski definition) is 0. The molecule has 155 valence electrons. The van der Waals surface area contributed by atoms with Crippen molar-refractivity contribution in [1.29, 1.82) is 0 Å². The van der Waals surface area contributed by atoms with Gasteiger partial charge in [0, 0.05) is 118 Å². The molecule has 2 aliphatic rings. The second-order valence-electron chi connectivity index (χ2n) is 11.7. The van der Waals surface area contributed by atoms with Gasteiger partial charge in [-0.15, -0.1) is 0 Å². The Labute approximate surface area is 248 Å². The number of hydrogen-bond acceptors (Lipinski definition) is 2. The molecule has 1 aliphatic heterocycles. The molecular formula is C15H25B20N2. The van der Waals surface area contributed by atoms with E-state index >= 15 is 0 Å². The van der Waals surface area contributed by atoms with Crippen LogP contribution >= 0.6 is 0 Å². The van der Waals surface area contributed by atoms with Crippen molar-refractivity contribution in [3.05, 3.63) is 0 Å². The first-order valence-corrected chi connectivity index (χ1v) is 13.5. The monoisotopic (exact) mass is 453 g/mol. The molecule has 2 rings (SSSR count). The van der Waals surface area contributed by atoms with E-state index in [1.165, 1.54) is 14.1 Å². The molecule has 1 aliphatic carbocycles. The van der Waals surface area contributed by atoms with Gasteiger partial charge in [-0.2, -0.15) is 0 Å².